The number of carbonyl (C=O) groups excluding carboxylic acids is 2. The molecule has 0 aliphatic carbocycles. The summed E-state index contributed by atoms with van der Waals surface area (Å²) in [6.07, 6.45) is 1.43. The van der Waals surface area contributed by atoms with E-state index in [9.17, 15) is 9.59 Å². The van der Waals surface area contributed by atoms with Crippen molar-refractivity contribution in [3.63, 3.8) is 0 Å². The van der Waals surface area contributed by atoms with Crippen LogP contribution in [0.25, 0.3) is 0 Å². The molecule has 0 radical (unpaired) electrons. The van der Waals surface area contributed by atoms with E-state index in [4.69, 9.17) is 51.1 Å². The maximum atomic E-state index is 12.2. The van der Waals surface area contributed by atoms with Gasteiger partial charge in [0.25, 0.3) is 5.91 Å². The molecule has 0 heterocycles. The summed E-state index contributed by atoms with van der Waals surface area (Å²) in [5, 5.41) is 5.16. The number of nitrogens with zero attached hydrogens (tertiary/aromatic N) is 1. The van der Waals surface area contributed by atoms with Crippen LogP contribution in [0, 0.1) is 0 Å². The third kappa shape index (κ3) is 5.74. The molecule has 9 heteroatoms. The van der Waals surface area contributed by atoms with E-state index in [2.05, 4.69) is 10.5 Å². The molecule has 1 amide bonds. The molecule has 0 saturated heterocycles. The van der Waals surface area contributed by atoms with Gasteiger partial charge in [0.05, 0.1) is 27.4 Å². The number of hydrazone groups is 1. The maximum Gasteiger partial charge on any atom is 0.345 e. The normalized spacial score (nSPS) is 10.8. The Labute approximate surface area is 192 Å². The van der Waals surface area contributed by atoms with Crippen molar-refractivity contribution in [1.82, 2.24) is 5.43 Å². The number of benzene rings is 3. The smallest absolute Gasteiger partial charge is 0.345 e. The largest absolute Gasteiger partial charge is 0.423 e. The standard InChI is InChI=1S/C21H12Cl4N2O3/c22-13-3-7-16(18(24)9-13)20(28)27-26-11-12-1-5-15(6-2-12)30-21(29)17-8-4-14(23)10-19(17)25/h1-11H,(H,27,28)/b26-11+. The minimum absolute atomic E-state index is 0.202. The van der Waals surface area contributed by atoms with Crippen molar-refractivity contribution in [1.29, 1.82) is 0 Å². The van der Waals surface area contributed by atoms with Crippen molar-refractivity contribution in [3.05, 3.63) is 97.4 Å². The maximum absolute atomic E-state index is 12.2. The molecule has 152 valence electrons. The van der Waals surface area contributed by atoms with Gasteiger partial charge in [0.2, 0.25) is 0 Å². The van der Waals surface area contributed by atoms with E-state index in [0.29, 0.717) is 21.4 Å². The Kier molecular flexibility index (Phi) is 7.34. The van der Waals surface area contributed by atoms with Crippen LogP contribution in [-0.4, -0.2) is 18.1 Å². The van der Waals surface area contributed by atoms with Crippen LogP contribution in [0.1, 0.15) is 26.3 Å². The van der Waals surface area contributed by atoms with Gasteiger partial charge in [-0.25, -0.2) is 10.2 Å². The molecule has 0 atom stereocenters. The molecule has 1 N–H and O–H groups in total. The Morgan fingerprint density at radius 2 is 1.37 bits per heavy atom. The second kappa shape index (κ2) is 9.96. The highest BCUT2D eigenvalue weighted by atomic mass is 35.5. The molecule has 0 aromatic heterocycles. The molecule has 30 heavy (non-hydrogen) atoms. The summed E-state index contributed by atoms with van der Waals surface area (Å²) >= 11 is 23.6. The van der Waals surface area contributed by atoms with Crippen LogP contribution < -0.4 is 10.2 Å². The molecule has 0 spiro atoms. The van der Waals surface area contributed by atoms with Gasteiger partial charge >= 0.3 is 5.97 Å². The van der Waals surface area contributed by atoms with Crippen LogP contribution in [0.4, 0.5) is 0 Å². The Hall–Kier alpha value is -2.57. The lowest BCUT2D eigenvalue weighted by molar-refractivity contribution is 0.0734. The molecule has 0 bridgehead atoms. The summed E-state index contributed by atoms with van der Waals surface area (Å²) in [5.41, 5.74) is 3.50. The lowest BCUT2D eigenvalue weighted by Crippen LogP contribution is -2.18. The molecule has 3 aromatic carbocycles. The molecule has 5 nitrogen and oxygen atoms in total. The topological polar surface area (TPSA) is 67.8 Å². The second-order valence-electron chi connectivity index (χ2n) is 5.91. The van der Waals surface area contributed by atoms with Gasteiger partial charge < -0.3 is 4.74 Å². The van der Waals surface area contributed by atoms with Crippen molar-refractivity contribution < 1.29 is 14.3 Å². The number of ether oxygens (including phenoxy) is 1. The minimum Gasteiger partial charge on any atom is -0.423 e. The molecule has 0 unspecified atom stereocenters. The summed E-state index contributed by atoms with van der Waals surface area (Å²) < 4.78 is 5.29. The number of halogens is 4. The number of hydrogen-bond acceptors (Lipinski definition) is 4. The van der Waals surface area contributed by atoms with Crippen LogP contribution >= 0.6 is 46.4 Å². The predicted octanol–water partition coefficient (Wildman–Crippen LogP) is 6.28. The van der Waals surface area contributed by atoms with Crippen LogP contribution in [-0.2, 0) is 0 Å². The minimum atomic E-state index is -0.606. The number of nitrogens with one attached hydrogen (secondary N) is 1. The lowest BCUT2D eigenvalue weighted by Gasteiger charge is -2.06. The van der Waals surface area contributed by atoms with Crippen LogP contribution in [0.5, 0.6) is 5.75 Å². The number of esters is 1. The fourth-order valence-corrected chi connectivity index (χ4v) is 3.32. The SMILES string of the molecule is O=C(N/N=C/c1ccc(OC(=O)c2ccc(Cl)cc2Cl)cc1)c1ccc(Cl)cc1Cl. The molecule has 3 rings (SSSR count). The summed E-state index contributed by atoms with van der Waals surface area (Å²) in [7, 11) is 0. The second-order valence-corrected chi connectivity index (χ2v) is 7.59. The zero-order valence-corrected chi connectivity index (χ0v) is 18.1. The van der Waals surface area contributed by atoms with E-state index in [1.807, 2.05) is 0 Å². The molecule has 0 aliphatic rings. The zero-order valence-electron chi connectivity index (χ0n) is 15.0. The third-order valence-corrected chi connectivity index (χ3v) is 4.89. The van der Waals surface area contributed by atoms with Crippen molar-refractivity contribution >= 4 is 64.5 Å². The van der Waals surface area contributed by atoms with Crippen molar-refractivity contribution in [2.45, 2.75) is 0 Å². The van der Waals surface area contributed by atoms with Gasteiger partial charge in [0, 0.05) is 10.0 Å². The highest BCUT2D eigenvalue weighted by Crippen LogP contribution is 2.23. The summed E-state index contributed by atoms with van der Waals surface area (Å²) in [5.74, 6) is -0.761. The number of hydrogen-bond donors (Lipinski definition) is 1. The quantitative estimate of drug-likeness (QED) is 0.201. The van der Waals surface area contributed by atoms with E-state index in [1.165, 1.54) is 30.5 Å². The number of rotatable bonds is 5. The van der Waals surface area contributed by atoms with Gasteiger partial charge in [0.15, 0.2) is 0 Å². The van der Waals surface area contributed by atoms with Gasteiger partial charge in [-0.05, 0) is 66.2 Å². The molecule has 0 aliphatic heterocycles. The van der Waals surface area contributed by atoms with Gasteiger partial charge in [-0.2, -0.15) is 5.10 Å². The average molecular weight is 482 g/mol. The highest BCUT2D eigenvalue weighted by Gasteiger charge is 2.13. The Bertz CT molecular complexity index is 1130. The molecule has 0 saturated carbocycles. The fourth-order valence-electron chi connectivity index (χ4n) is 2.34. The van der Waals surface area contributed by atoms with E-state index >= 15 is 0 Å². The first-order chi connectivity index (χ1) is 14.3. The molecular weight excluding hydrogens is 470 g/mol. The predicted molar refractivity (Wildman–Crippen MR) is 119 cm³/mol. The Balaban J connectivity index is 1.60. The molecular formula is C21H12Cl4N2O3. The third-order valence-electron chi connectivity index (χ3n) is 3.80. The van der Waals surface area contributed by atoms with Gasteiger partial charge in [0.1, 0.15) is 5.75 Å². The van der Waals surface area contributed by atoms with Crippen molar-refractivity contribution in [2.75, 3.05) is 0 Å². The van der Waals surface area contributed by atoms with Crippen LogP contribution in [0.3, 0.4) is 0 Å². The van der Waals surface area contributed by atoms with Gasteiger partial charge in [-0.3, -0.25) is 4.79 Å². The first-order valence-corrected chi connectivity index (χ1v) is 9.90. The first kappa shape index (κ1) is 22.1. The monoisotopic (exact) mass is 480 g/mol. The first-order valence-electron chi connectivity index (χ1n) is 8.39. The van der Waals surface area contributed by atoms with Gasteiger partial charge in [-0.15, -0.1) is 0 Å². The Morgan fingerprint density at radius 3 is 1.93 bits per heavy atom. The Morgan fingerprint density at radius 1 is 0.800 bits per heavy atom. The fraction of sp³-hybridized carbons (Fsp3) is 0. The summed E-state index contributed by atoms with van der Waals surface area (Å²) in [4.78, 5) is 24.3. The average Bonchev–Trinajstić information content (AvgIpc) is 2.69. The van der Waals surface area contributed by atoms with Gasteiger partial charge in [-0.1, -0.05) is 46.4 Å². The van der Waals surface area contributed by atoms with Crippen molar-refractivity contribution in [3.8, 4) is 5.75 Å². The van der Waals surface area contributed by atoms with E-state index in [-0.39, 0.29) is 21.2 Å². The van der Waals surface area contributed by atoms with Crippen LogP contribution in [0.15, 0.2) is 65.8 Å². The lowest BCUT2D eigenvalue weighted by atomic mass is 10.2. The van der Waals surface area contributed by atoms with Crippen LogP contribution in [0.2, 0.25) is 20.1 Å². The molecule has 3 aromatic rings. The van der Waals surface area contributed by atoms with E-state index in [0.717, 1.165) is 0 Å². The highest BCUT2D eigenvalue weighted by molar-refractivity contribution is 6.37. The zero-order chi connectivity index (χ0) is 21.7. The number of amides is 1. The number of carbonyl (C=O) groups is 2. The summed E-state index contributed by atoms with van der Waals surface area (Å²) in [6, 6.07) is 15.5. The van der Waals surface area contributed by atoms with Crippen molar-refractivity contribution in [2.24, 2.45) is 5.10 Å². The van der Waals surface area contributed by atoms with E-state index < -0.39 is 11.9 Å². The molecule has 0 fully saturated rings. The summed E-state index contributed by atoms with van der Waals surface area (Å²) in [6.45, 7) is 0. The van der Waals surface area contributed by atoms with E-state index in [1.54, 1.807) is 36.4 Å².